The first-order chi connectivity index (χ1) is 9.51. The predicted octanol–water partition coefficient (Wildman–Crippen LogP) is 2.96. The average molecular weight is 292 g/mol. The quantitative estimate of drug-likeness (QED) is 0.905. The third-order valence-corrected chi connectivity index (χ3v) is 4.69. The second-order valence-corrected chi connectivity index (χ2v) is 6.62. The van der Waals surface area contributed by atoms with Crippen molar-refractivity contribution in [2.75, 3.05) is 18.6 Å². The summed E-state index contributed by atoms with van der Waals surface area (Å²) in [6.45, 7) is 6.96. The lowest BCUT2D eigenvalue weighted by molar-refractivity contribution is -0.132. The van der Waals surface area contributed by atoms with E-state index in [9.17, 15) is 4.79 Å². The van der Waals surface area contributed by atoms with Crippen LogP contribution in [0, 0.1) is 6.92 Å². The van der Waals surface area contributed by atoms with E-state index in [4.69, 9.17) is 0 Å². The number of hydrogen-bond acceptors (Lipinski definition) is 3. The van der Waals surface area contributed by atoms with Gasteiger partial charge in [0.2, 0.25) is 5.91 Å². The Morgan fingerprint density at radius 2 is 2.20 bits per heavy atom. The normalized spacial score (nSPS) is 26.3. The van der Waals surface area contributed by atoms with Gasteiger partial charge < -0.3 is 4.90 Å². The molecule has 0 saturated carbocycles. The van der Waals surface area contributed by atoms with Crippen LogP contribution in [0.5, 0.6) is 0 Å². The van der Waals surface area contributed by atoms with Crippen molar-refractivity contribution >= 4 is 17.7 Å². The van der Waals surface area contributed by atoms with Crippen molar-refractivity contribution < 1.29 is 4.79 Å². The van der Waals surface area contributed by atoms with E-state index in [1.54, 1.807) is 11.8 Å². The highest BCUT2D eigenvalue weighted by Gasteiger charge is 2.46. The van der Waals surface area contributed by atoms with Crippen LogP contribution in [0.3, 0.4) is 0 Å². The molecule has 2 unspecified atom stereocenters. The molecule has 1 amide bonds. The third-order valence-electron chi connectivity index (χ3n) is 4.10. The molecule has 0 spiro atoms. The molecule has 1 fully saturated rings. The van der Waals surface area contributed by atoms with E-state index >= 15 is 0 Å². The van der Waals surface area contributed by atoms with Gasteiger partial charge in [0.15, 0.2) is 0 Å². The van der Waals surface area contributed by atoms with Gasteiger partial charge in [0, 0.05) is 12.3 Å². The molecule has 1 aliphatic rings. The second-order valence-electron chi connectivity index (χ2n) is 5.64. The Labute approximate surface area is 126 Å². The van der Waals surface area contributed by atoms with Crippen molar-refractivity contribution in [2.45, 2.75) is 38.9 Å². The number of nitrogens with one attached hydrogen (secondary N) is 1. The minimum absolute atomic E-state index is 0.000463. The number of hydrogen-bond donors (Lipinski definition) is 1. The highest BCUT2D eigenvalue weighted by molar-refractivity contribution is 7.98. The standard InChI is InChI=1S/C16H24N2OS/c1-5-16(3)15(19)18(9-10-20-4)14(17-16)13-8-6-7-12(2)11-13/h6-8,11,14,17H,5,9-10H2,1-4H3. The first-order valence-corrected chi connectivity index (χ1v) is 8.55. The summed E-state index contributed by atoms with van der Waals surface area (Å²) in [5.41, 5.74) is 1.97. The molecule has 4 heteroatoms. The molecule has 3 nitrogen and oxygen atoms in total. The van der Waals surface area contributed by atoms with E-state index in [0.717, 1.165) is 18.7 Å². The molecule has 1 aromatic rings. The van der Waals surface area contributed by atoms with Crippen LogP contribution in [0.4, 0.5) is 0 Å². The Bertz CT molecular complexity index is 491. The lowest BCUT2D eigenvalue weighted by atomic mass is 9.99. The van der Waals surface area contributed by atoms with Gasteiger partial charge in [-0.05, 0) is 32.1 Å². The molecule has 0 aliphatic carbocycles. The number of aryl methyl sites for hydroxylation is 1. The Morgan fingerprint density at radius 1 is 1.45 bits per heavy atom. The van der Waals surface area contributed by atoms with Crippen LogP contribution in [0.1, 0.15) is 37.6 Å². The number of rotatable bonds is 5. The fraction of sp³-hybridized carbons (Fsp3) is 0.562. The van der Waals surface area contributed by atoms with Gasteiger partial charge in [-0.1, -0.05) is 36.8 Å². The number of amides is 1. The van der Waals surface area contributed by atoms with Crippen molar-refractivity contribution in [1.82, 2.24) is 10.2 Å². The molecule has 110 valence electrons. The molecule has 1 heterocycles. The minimum Gasteiger partial charge on any atom is -0.320 e. The Balaban J connectivity index is 2.31. The molecule has 0 bridgehead atoms. The number of carbonyl (C=O) groups is 1. The largest absolute Gasteiger partial charge is 0.320 e. The van der Waals surface area contributed by atoms with Crippen LogP contribution < -0.4 is 5.32 Å². The second kappa shape index (κ2) is 6.19. The van der Waals surface area contributed by atoms with Crippen LogP contribution in [0.15, 0.2) is 24.3 Å². The zero-order valence-electron chi connectivity index (χ0n) is 12.8. The third kappa shape index (κ3) is 2.86. The molecule has 1 aliphatic heterocycles. The molecular formula is C16H24N2OS. The zero-order chi connectivity index (χ0) is 14.8. The molecule has 2 rings (SSSR count). The summed E-state index contributed by atoms with van der Waals surface area (Å²) in [4.78, 5) is 14.7. The molecule has 2 atom stereocenters. The fourth-order valence-corrected chi connectivity index (χ4v) is 3.03. The fourth-order valence-electron chi connectivity index (χ4n) is 2.65. The van der Waals surface area contributed by atoms with Crippen molar-refractivity contribution in [3.63, 3.8) is 0 Å². The number of nitrogens with zero attached hydrogens (tertiary/aromatic N) is 1. The Hall–Kier alpha value is -1.00. The minimum atomic E-state index is -0.438. The van der Waals surface area contributed by atoms with Crippen LogP contribution in [0.2, 0.25) is 0 Å². The van der Waals surface area contributed by atoms with Crippen molar-refractivity contribution in [3.05, 3.63) is 35.4 Å². The molecule has 20 heavy (non-hydrogen) atoms. The van der Waals surface area contributed by atoms with E-state index in [1.165, 1.54) is 11.1 Å². The summed E-state index contributed by atoms with van der Waals surface area (Å²) in [5, 5.41) is 3.54. The first kappa shape index (κ1) is 15.4. The van der Waals surface area contributed by atoms with E-state index in [1.807, 2.05) is 11.8 Å². The monoisotopic (exact) mass is 292 g/mol. The predicted molar refractivity (Wildman–Crippen MR) is 85.8 cm³/mol. The topological polar surface area (TPSA) is 32.3 Å². The number of benzene rings is 1. The Kier molecular flexibility index (Phi) is 4.76. The van der Waals surface area contributed by atoms with Gasteiger partial charge in [-0.3, -0.25) is 10.1 Å². The molecule has 1 aromatic carbocycles. The van der Waals surface area contributed by atoms with Crippen LogP contribution >= 0.6 is 11.8 Å². The number of carbonyl (C=O) groups excluding carboxylic acids is 1. The van der Waals surface area contributed by atoms with E-state index in [-0.39, 0.29) is 12.1 Å². The van der Waals surface area contributed by atoms with Gasteiger partial charge in [-0.2, -0.15) is 11.8 Å². The average Bonchev–Trinajstić information content (AvgIpc) is 2.70. The summed E-state index contributed by atoms with van der Waals surface area (Å²) in [7, 11) is 0. The van der Waals surface area contributed by atoms with E-state index < -0.39 is 5.54 Å². The summed E-state index contributed by atoms with van der Waals surface area (Å²) >= 11 is 1.78. The van der Waals surface area contributed by atoms with Gasteiger partial charge >= 0.3 is 0 Å². The van der Waals surface area contributed by atoms with Gasteiger partial charge in [0.05, 0.1) is 5.54 Å². The van der Waals surface area contributed by atoms with Gasteiger partial charge in [-0.25, -0.2) is 0 Å². The Morgan fingerprint density at radius 3 is 2.80 bits per heavy atom. The lowest BCUT2D eigenvalue weighted by Gasteiger charge is -2.24. The van der Waals surface area contributed by atoms with E-state index in [0.29, 0.717) is 0 Å². The molecule has 1 N–H and O–H groups in total. The molecular weight excluding hydrogens is 268 g/mol. The maximum absolute atomic E-state index is 12.7. The smallest absolute Gasteiger partial charge is 0.244 e. The molecule has 0 radical (unpaired) electrons. The summed E-state index contributed by atoms with van der Waals surface area (Å²) in [5.74, 6) is 1.19. The van der Waals surface area contributed by atoms with Gasteiger partial charge in [0.25, 0.3) is 0 Å². The maximum atomic E-state index is 12.7. The van der Waals surface area contributed by atoms with Gasteiger partial charge in [-0.15, -0.1) is 0 Å². The van der Waals surface area contributed by atoms with E-state index in [2.05, 4.69) is 49.7 Å². The van der Waals surface area contributed by atoms with Gasteiger partial charge in [0.1, 0.15) is 6.17 Å². The summed E-state index contributed by atoms with van der Waals surface area (Å²) in [6, 6.07) is 8.42. The first-order valence-electron chi connectivity index (χ1n) is 7.16. The summed E-state index contributed by atoms with van der Waals surface area (Å²) < 4.78 is 0. The SMILES string of the molecule is CCC1(C)NC(c2cccc(C)c2)N(CCSC)C1=O. The van der Waals surface area contributed by atoms with Crippen LogP contribution in [-0.2, 0) is 4.79 Å². The maximum Gasteiger partial charge on any atom is 0.244 e. The highest BCUT2D eigenvalue weighted by atomic mass is 32.2. The van der Waals surface area contributed by atoms with Crippen molar-refractivity contribution in [2.24, 2.45) is 0 Å². The lowest BCUT2D eigenvalue weighted by Crippen LogP contribution is -2.43. The molecule has 1 saturated heterocycles. The van der Waals surface area contributed by atoms with Crippen LogP contribution in [-0.4, -0.2) is 34.9 Å². The van der Waals surface area contributed by atoms with Crippen LogP contribution in [0.25, 0.3) is 0 Å². The summed E-state index contributed by atoms with van der Waals surface area (Å²) in [6.07, 6.45) is 2.89. The number of thioether (sulfide) groups is 1. The van der Waals surface area contributed by atoms with Crippen molar-refractivity contribution in [3.8, 4) is 0 Å². The highest BCUT2D eigenvalue weighted by Crippen LogP contribution is 2.32. The van der Waals surface area contributed by atoms with Crippen molar-refractivity contribution in [1.29, 1.82) is 0 Å². The zero-order valence-corrected chi connectivity index (χ0v) is 13.6. The molecule has 0 aromatic heterocycles.